The lowest BCUT2D eigenvalue weighted by molar-refractivity contribution is 0.630. The minimum atomic E-state index is -0.345. The highest BCUT2D eigenvalue weighted by molar-refractivity contribution is 7.19. The molecule has 1 heterocycles. The molecule has 0 atom stereocenters. The number of halogens is 2. The van der Waals surface area contributed by atoms with E-state index in [1.165, 1.54) is 10.9 Å². The van der Waals surface area contributed by atoms with Gasteiger partial charge in [0.25, 0.3) is 0 Å². The lowest BCUT2D eigenvalue weighted by atomic mass is 10.2. The van der Waals surface area contributed by atoms with Crippen molar-refractivity contribution in [2.24, 2.45) is 0 Å². The van der Waals surface area contributed by atoms with Crippen LogP contribution >= 0.6 is 22.9 Å². The van der Waals surface area contributed by atoms with Gasteiger partial charge in [-0.2, -0.15) is 0 Å². The summed E-state index contributed by atoms with van der Waals surface area (Å²) in [5.74, 6) is -0.345. The van der Waals surface area contributed by atoms with E-state index in [-0.39, 0.29) is 10.8 Å². The molecule has 0 unspecified atom stereocenters. The number of rotatable bonds is 0. The summed E-state index contributed by atoms with van der Waals surface area (Å²) < 4.78 is 14.0. The van der Waals surface area contributed by atoms with Gasteiger partial charge in [-0.15, -0.1) is 11.3 Å². The first-order valence-corrected chi connectivity index (χ1v) is 4.71. The molecule has 0 saturated heterocycles. The highest BCUT2D eigenvalue weighted by Gasteiger charge is 2.04. The molecule has 2 aromatic rings. The van der Waals surface area contributed by atoms with Crippen molar-refractivity contribution in [2.75, 3.05) is 0 Å². The number of hydrogen-bond donors (Lipinski definition) is 0. The van der Waals surface area contributed by atoms with Gasteiger partial charge >= 0.3 is 0 Å². The van der Waals surface area contributed by atoms with E-state index in [0.29, 0.717) is 0 Å². The molecule has 0 N–H and O–H groups in total. The molecule has 0 aliphatic heterocycles. The standard InChI is InChI=1S/C9H6ClFS/c1-5-2-6-3-8(11)7(10)4-9(6)12-5/h2-4H,1H3. The monoisotopic (exact) mass is 200 g/mol. The van der Waals surface area contributed by atoms with Gasteiger partial charge in [0.2, 0.25) is 0 Å². The average molecular weight is 201 g/mol. The summed E-state index contributed by atoms with van der Waals surface area (Å²) in [5.41, 5.74) is 0. The maximum atomic E-state index is 12.9. The lowest BCUT2D eigenvalue weighted by Crippen LogP contribution is -1.73. The zero-order chi connectivity index (χ0) is 8.72. The number of thiophene rings is 1. The summed E-state index contributed by atoms with van der Waals surface area (Å²) >= 11 is 7.25. The van der Waals surface area contributed by atoms with Gasteiger partial charge in [0.15, 0.2) is 0 Å². The smallest absolute Gasteiger partial charge is 0.142 e. The molecule has 0 bridgehead atoms. The van der Waals surface area contributed by atoms with E-state index in [1.54, 1.807) is 17.4 Å². The van der Waals surface area contributed by atoms with Crippen LogP contribution in [0.4, 0.5) is 4.39 Å². The molecule has 0 radical (unpaired) electrons. The van der Waals surface area contributed by atoms with Crippen molar-refractivity contribution in [3.05, 3.63) is 33.9 Å². The first kappa shape index (κ1) is 8.02. The SMILES string of the molecule is Cc1cc2cc(F)c(Cl)cc2s1. The number of fused-ring (bicyclic) bond motifs is 1. The predicted octanol–water partition coefficient (Wildman–Crippen LogP) is 4.00. The summed E-state index contributed by atoms with van der Waals surface area (Å²) in [4.78, 5) is 1.17. The summed E-state index contributed by atoms with van der Waals surface area (Å²) in [6.07, 6.45) is 0. The van der Waals surface area contributed by atoms with Crippen LogP contribution in [0.25, 0.3) is 10.1 Å². The minimum Gasteiger partial charge on any atom is -0.205 e. The maximum absolute atomic E-state index is 12.9. The number of benzene rings is 1. The van der Waals surface area contributed by atoms with Gasteiger partial charge in [0, 0.05) is 9.58 Å². The molecule has 3 heteroatoms. The second-order valence-electron chi connectivity index (χ2n) is 2.66. The first-order valence-electron chi connectivity index (χ1n) is 3.52. The molecular formula is C9H6ClFS. The topological polar surface area (TPSA) is 0 Å². The van der Waals surface area contributed by atoms with Crippen LogP contribution in [-0.4, -0.2) is 0 Å². The van der Waals surface area contributed by atoms with Crippen LogP contribution in [-0.2, 0) is 0 Å². The fourth-order valence-corrected chi connectivity index (χ4v) is 2.34. The average Bonchev–Trinajstić information content (AvgIpc) is 2.30. The van der Waals surface area contributed by atoms with E-state index >= 15 is 0 Å². The van der Waals surface area contributed by atoms with Crippen molar-refractivity contribution in [2.45, 2.75) is 6.92 Å². The van der Waals surface area contributed by atoms with Gasteiger partial charge < -0.3 is 0 Å². The summed E-state index contributed by atoms with van der Waals surface area (Å²) in [7, 11) is 0. The molecule has 0 aliphatic carbocycles. The first-order chi connectivity index (χ1) is 5.66. The second kappa shape index (κ2) is 2.71. The Hall–Kier alpha value is -0.600. The van der Waals surface area contributed by atoms with Crippen molar-refractivity contribution in [3.8, 4) is 0 Å². The highest BCUT2D eigenvalue weighted by Crippen LogP contribution is 2.29. The van der Waals surface area contributed by atoms with E-state index in [2.05, 4.69) is 0 Å². The quantitative estimate of drug-likeness (QED) is 0.603. The molecule has 2 rings (SSSR count). The molecule has 62 valence electrons. The van der Waals surface area contributed by atoms with E-state index in [1.807, 2.05) is 13.0 Å². The molecule has 0 spiro atoms. The third-order valence-corrected chi connectivity index (χ3v) is 2.99. The van der Waals surface area contributed by atoms with Crippen molar-refractivity contribution in [1.29, 1.82) is 0 Å². The number of hydrogen-bond acceptors (Lipinski definition) is 1. The molecule has 12 heavy (non-hydrogen) atoms. The van der Waals surface area contributed by atoms with Crippen LogP contribution in [0.5, 0.6) is 0 Å². The van der Waals surface area contributed by atoms with Crippen molar-refractivity contribution < 1.29 is 4.39 Å². The maximum Gasteiger partial charge on any atom is 0.142 e. The highest BCUT2D eigenvalue weighted by atomic mass is 35.5. The Labute approximate surface area is 78.6 Å². The lowest BCUT2D eigenvalue weighted by Gasteiger charge is -1.92. The van der Waals surface area contributed by atoms with Crippen molar-refractivity contribution in [3.63, 3.8) is 0 Å². The molecular weight excluding hydrogens is 195 g/mol. The molecule has 1 aromatic heterocycles. The number of aryl methyl sites for hydroxylation is 1. The largest absolute Gasteiger partial charge is 0.205 e. The zero-order valence-electron chi connectivity index (χ0n) is 6.40. The van der Waals surface area contributed by atoms with Gasteiger partial charge in [-0.1, -0.05) is 11.6 Å². The molecule has 0 amide bonds. The van der Waals surface area contributed by atoms with Crippen molar-refractivity contribution >= 4 is 33.0 Å². The van der Waals surface area contributed by atoms with E-state index in [9.17, 15) is 4.39 Å². The van der Waals surface area contributed by atoms with Crippen LogP contribution in [0.2, 0.25) is 5.02 Å². The van der Waals surface area contributed by atoms with Crippen LogP contribution in [0, 0.1) is 12.7 Å². The fraction of sp³-hybridized carbons (Fsp3) is 0.111. The van der Waals surface area contributed by atoms with E-state index < -0.39 is 0 Å². The molecule has 0 saturated carbocycles. The third-order valence-electron chi connectivity index (χ3n) is 1.68. The Kier molecular flexibility index (Phi) is 1.81. The minimum absolute atomic E-state index is 0.198. The van der Waals surface area contributed by atoms with E-state index in [0.717, 1.165) is 10.1 Å². The Morgan fingerprint density at radius 3 is 2.83 bits per heavy atom. The zero-order valence-corrected chi connectivity index (χ0v) is 7.97. The summed E-state index contributed by atoms with van der Waals surface area (Å²) in [6, 6.07) is 5.10. The normalized spacial score (nSPS) is 10.9. The molecule has 1 aromatic carbocycles. The van der Waals surface area contributed by atoms with Crippen LogP contribution in [0.15, 0.2) is 18.2 Å². The Bertz CT molecular complexity index is 394. The van der Waals surface area contributed by atoms with E-state index in [4.69, 9.17) is 11.6 Å². The van der Waals surface area contributed by atoms with Crippen LogP contribution < -0.4 is 0 Å². The van der Waals surface area contributed by atoms with Crippen LogP contribution in [0.1, 0.15) is 4.88 Å². The molecule has 0 fully saturated rings. The van der Waals surface area contributed by atoms with Gasteiger partial charge in [0.05, 0.1) is 5.02 Å². The summed E-state index contributed by atoms with van der Waals surface area (Å²) in [5, 5.41) is 1.13. The molecule has 0 aliphatic rings. The van der Waals surface area contributed by atoms with Gasteiger partial charge in [-0.05, 0) is 30.5 Å². The predicted molar refractivity (Wildman–Crippen MR) is 51.5 cm³/mol. The fourth-order valence-electron chi connectivity index (χ4n) is 1.17. The van der Waals surface area contributed by atoms with Gasteiger partial charge in [0.1, 0.15) is 5.82 Å². The Balaban J connectivity index is 2.83. The third kappa shape index (κ3) is 1.21. The van der Waals surface area contributed by atoms with Gasteiger partial charge in [-0.25, -0.2) is 4.39 Å². The second-order valence-corrected chi connectivity index (χ2v) is 4.36. The Morgan fingerprint density at radius 2 is 2.08 bits per heavy atom. The van der Waals surface area contributed by atoms with Crippen LogP contribution in [0.3, 0.4) is 0 Å². The van der Waals surface area contributed by atoms with Gasteiger partial charge in [-0.3, -0.25) is 0 Å². The summed E-state index contributed by atoms with van der Waals surface area (Å²) in [6.45, 7) is 2.00. The molecule has 0 nitrogen and oxygen atoms in total. The Morgan fingerprint density at radius 1 is 1.33 bits per heavy atom. The van der Waals surface area contributed by atoms with Crippen molar-refractivity contribution in [1.82, 2.24) is 0 Å².